The first kappa shape index (κ1) is 31.5. The number of oxazole rings is 1. The molecule has 246 valence electrons. The summed E-state index contributed by atoms with van der Waals surface area (Å²) in [6, 6.07) is -1.22. The molecule has 6 rings (SSSR count). The second-order valence-electron chi connectivity index (χ2n) is 12.3. The summed E-state index contributed by atoms with van der Waals surface area (Å²) in [6.07, 6.45) is -2.84. The minimum absolute atomic E-state index is 0.0511. The third kappa shape index (κ3) is 6.18. The van der Waals surface area contributed by atoms with Gasteiger partial charge in [0.15, 0.2) is 17.2 Å². The second-order valence-corrected chi connectivity index (χ2v) is 12.3. The number of hydrogen-bond donors (Lipinski definition) is 2. The number of hydrogen-bond acceptors (Lipinski definition) is 9. The van der Waals surface area contributed by atoms with Gasteiger partial charge in [0.05, 0.1) is 35.2 Å². The van der Waals surface area contributed by atoms with Crippen LogP contribution in [0.3, 0.4) is 0 Å². The summed E-state index contributed by atoms with van der Waals surface area (Å²) >= 11 is 0. The first-order valence-corrected chi connectivity index (χ1v) is 14.8. The van der Waals surface area contributed by atoms with Crippen LogP contribution in [-0.2, 0) is 17.6 Å². The predicted octanol–water partition coefficient (Wildman–Crippen LogP) is 4.54. The predicted molar refractivity (Wildman–Crippen MR) is 148 cm³/mol. The lowest BCUT2D eigenvalue weighted by atomic mass is 9.75. The molecule has 12 nitrogen and oxygen atoms in total. The van der Waals surface area contributed by atoms with Gasteiger partial charge in [-0.15, -0.1) is 0 Å². The molecular weight excluding hydrogens is 619 g/mol. The third-order valence-corrected chi connectivity index (χ3v) is 8.92. The standard InChI is InChI=1S/C29H31F5N8O4/c1-14-20(45-16(3)36-14)10-27(11-21(29(32,33)34)38-26(27)44)9-17-8-22-37-19(13-42(22)35-12-17)24(18-4-6-28(30,31)7-5-18)39-25(43)23-15(2)40-46-41-23/h8,12-13,18,21,24H,4-7,9-11H2,1-3H3,(H,38,44)(H,39,43)/t21-,24-,27+/m0/s1. The number of aromatic nitrogens is 6. The maximum Gasteiger partial charge on any atom is 0.408 e. The van der Waals surface area contributed by atoms with Crippen LogP contribution in [0, 0.1) is 32.1 Å². The molecule has 17 heteroatoms. The molecule has 2 N–H and O–H groups in total. The number of nitrogens with one attached hydrogen (secondary N) is 2. The van der Waals surface area contributed by atoms with Crippen LogP contribution in [0.15, 0.2) is 27.5 Å². The molecule has 46 heavy (non-hydrogen) atoms. The van der Waals surface area contributed by atoms with Crippen molar-refractivity contribution in [3.8, 4) is 0 Å². The molecule has 5 heterocycles. The summed E-state index contributed by atoms with van der Waals surface area (Å²) in [5.41, 5.74) is 0.251. The molecule has 2 amide bonds. The van der Waals surface area contributed by atoms with Crippen molar-refractivity contribution in [2.75, 3.05) is 0 Å². The average molecular weight is 651 g/mol. The lowest BCUT2D eigenvalue weighted by Crippen LogP contribution is -2.39. The smallest absolute Gasteiger partial charge is 0.408 e. The van der Waals surface area contributed by atoms with Gasteiger partial charge in [-0.3, -0.25) is 9.59 Å². The van der Waals surface area contributed by atoms with Crippen LogP contribution in [0.25, 0.3) is 5.65 Å². The summed E-state index contributed by atoms with van der Waals surface area (Å²) < 4.78 is 81.0. The zero-order valence-electron chi connectivity index (χ0n) is 25.1. The number of carbonyl (C=O) groups is 2. The molecule has 0 unspecified atom stereocenters. The number of imidazole rings is 1. The molecular formula is C29H31F5N8O4. The molecule has 2 aliphatic rings. The first-order chi connectivity index (χ1) is 21.6. The fourth-order valence-electron chi connectivity index (χ4n) is 6.50. The Morgan fingerprint density at radius 2 is 1.87 bits per heavy atom. The van der Waals surface area contributed by atoms with Crippen molar-refractivity contribution in [1.29, 1.82) is 0 Å². The van der Waals surface area contributed by atoms with Crippen molar-refractivity contribution < 1.29 is 40.6 Å². The van der Waals surface area contributed by atoms with Gasteiger partial charge in [0, 0.05) is 26.2 Å². The molecule has 0 radical (unpaired) electrons. The molecule has 1 aliphatic carbocycles. The number of aryl methyl sites for hydroxylation is 3. The Morgan fingerprint density at radius 1 is 1.13 bits per heavy atom. The second kappa shape index (κ2) is 11.4. The average Bonchev–Trinajstić information content (AvgIpc) is 3.74. The van der Waals surface area contributed by atoms with Crippen LogP contribution in [0.5, 0.6) is 0 Å². The molecule has 0 spiro atoms. The molecule has 4 aromatic heterocycles. The Morgan fingerprint density at radius 3 is 2.48 bits per heavy atom. The van der Waals surface area contributed by atoms with Gasteiger partial charge in [0.1, 0.15) is 17.5 Å². The van der Waals surface area contributed by atoms with E-state index in [9.17, 15) is 31.5 Å². The molecule has 1 aliphatic heterocycles. The number of carbonyl (C=O) groups excluding carboxylic acids is 2. The van der Waals surface area contributed by atoms with Gasteiger partial charge >= 0.3 is 6.18 Å². The summed E-state index contributed by atoms with van der Waals surface area (Å²) in [4.78, 5) is 35.2. The highest BCUT2D eigenvalue weighted by molar-refractivity contribution is 5.93. The minimum Gasteiger partial charge on any atom is -0.446 e. The van der Waals surface area contributed by atoms with Crippen LogP contribution in [-0.4, -0.2) is 59.9 Å². The van der Waals surface area contributed by atoms with Crippen molar-refractivity contribution in [3.63, 3.8) is 0 Å². The summed E-state index contributed by atoms with van der Waals surface area (Å²) in [6.45, 7) is 4.82. The Labute approximate surface area is 258 Å². The highest BCUT2D eigenvalue weighted by atomic mass is 19.4. The van der Waals surface area contributed by atoms with Gasteiger partial charge in [0.25, 0.3) is 5.91 Å². The van der Waals surface area contributed by atoms with E-state index in [1.807, 2.05) is 0 Å². The molecule has 1 saturated heterocycles. The quantitative estimate of drug-likeness (QED) is 0.262. The van der Waals surface area contributed by atoms with Crippen LogP contribution in [0.2, 0.25) is 0 Å². The topological polar surface area (TPSA) is 153 Å². The monoisotopic (exact) mass is 650 g/mol. The Hall–Kier alpha value is -4.44. The Balaban J connectivity index is 1.32. The van der Waals surface area contributed by atoms with Crippen LogP contribution >= 0.6 is 0 Å². The van der Waals surface area contributed by atoms with Gasteiger partial charge in [0.2, 0.25) is 11.8 Å². The van der Waals surface area contributed by atoms with Crippen molar-refractivity contribution in [1.82, 2.24) is 40.5 Å². The fourth-order valence-corrected chi connectivity index (χ4v) is 6.50. The number of nitrogens with zero attached hydrogens (tertiary/aromatic N) is 6. The molecule has 0 bridgehead atoms. The van der Waals surface area contributed by atoms with Gasteiger partial charge in [-0.2, -0.15) is 18.3 Å². The lowest BCUT2D eigenvalue weighted by molar-refractivity contribution is -0.155. The third-order valence-electron chi connectivity index (χ3n) is 8.92. The number of alkyl halides is 5. The number of fused-ring (bicyclic) bond motifs is 1. The van der Waals surface area contributed by atoms with E-state index in [0.29, 0.717) is 34.2 Å². The van der Waals surface area contributed by atoms with E-state index in [-0.39, 0.29) is 55.8 Å². The van der Waals surface area contributed by atoms with Crippen molar-refractivity contribution in [2.45, 2.75) is 89.9 Å². The SMILES string of the molecule is Cc1nc(C)c(C[C@]2(Cc3cnn4cc([C@@H](NC(=O)c5nonc5C)C5CCC(F)(F)CC5)nc4c3)C[C@@H](C(F)(F)F)NC2=O)o1. The Bertz CT molecular complexity index is 1770. The molecule has 1 saturated carbocycles. The van der Waals surface area contributed by atoms with E-state index in [2.05, 4.69) is 40.6 Å². The number of rotatable bonds is 8. The minimum atomic E-state index is -4.65. The summed E-state index contributed by atoms with van der Waals surface area (Å²) in [5.74, 6) is -3.91. The lowest BCUT2D eigenvalue weighted by Gasteiger charge is -2.33. The normalized spacial score (nSPS) is 22.7. The van der Waals surface area contributed by atoms with Crippen LogP contribution < -0.4 is 10.6 Å². The maximum absolute atomic E-state index is 14.0. The van der Waals surface area contributed by atoms with Gasteiger partial charge < -0.3 is 15.1 Å². The van der Waals surface area contributed by atoms with E-state index >= 15 is 0 Å². The van der Waals surface area contributed by atoms with E-state index in [1.165, 1.54) is 17.6 Å². The van der Waals surface area contributed by atoms with E-state index < -0.39 is 47.8 Å². The van der Waals surface area contributed by atoms with Crippen molar-refractivity contribution >= 4 is 17.5 Å². The largest absolute Gasteiger partial charge is 0.446 e. The van der Waals surface area contributed by atoms with Crippen molar-refractivity contribution in [3.05, 3.63) is 58.5 Å². The molecule has 4 aromatic rings. The van der Waals surface area contributed by atoms with E-state index in [4.69, 9.17) is 4.42 Å². The fraction of sp³-hybridized carbons (Fsp3) is 0.552. The summed E-state index contributed by atoms with van der Waals surface area (Å²) in [7, 11) is 0. The highest BCUT2D eigenvalue weighted by Crippen LogP contribution is 2.44. The van der Waals surface area contributed by atoms with Crippen LogP contribution in [0.4, 0.5) is 22.0 Å². The van der Waals surface area contributed by atoms with Gasteiger partial charge in [-0.1, -0.05) is 5.16 Å². The maximum atomic E-state index is 14.0. The van der Waals surface area contributed by atoms with Gasteiger partial charge in [-0.05, 0) is 62.2 Å². The number of halogens is 5. The van der Waals surface area contributed by atoms with E-state index in [0.717, 1.165) is 0 Å². The first-order valence-electron chi connectivity index (χ1n) is 14.8. The zero-order chi connectivity index (χ0) is 33.0. The van der Waals surface area contributed by atoms with Crippen LogP contribution in [0.1, 0.15) is 82.9 Å². The van der Waals surface area contributed by atoms with Gasteiger partial charge in [-0.25, -0.2) is 27.9 Å². The molecule has 0 aromatic carbocycles. The molecule has 3 atom stereocenters. The van der Waals surface area contributed by atoms with E-state index in [1.54, 1.807) is 26.1 Å². The summed E-state index contributed by atoms with van der Waals surface area (Å²) in [5, 5.41) is 16.6. The molecule has 2 fully saturated rings. The number of amides is 2. The van der Waals surface area contributed by atoms with Crippen molar-refractivity contribution in [2.24, 2.45) is 11.3 Å². The zero-order valence-corrected chi connectivity index (χ0v) is 25.1. The highest BCUT2D eigenvalue weighted by Gasteiger charge is 2.56. The Kier molecular flexibility index (Phi) is 7.83.